The van der Waals surface area contributed by atoms with E-state index < -0.39 is 0 Å². The van der Waals surface area contributed by atoms with Crippen LogP contribution in [0.3, 0.4) is 0 Å². The van der Waals surface area contributed by atoms with Gasteiger partial charge in [-0.25, -0.2) is 0 Å². The molecular weight excluding hydrogens is 268 g/mol. The number of nitrogens with zero attached hydrogens (tertiary/aromatic N) is 1. The molecule has 6 nitrogen and oxygen atoms in total. The van der Waals surface area contributed by atoms with Crippen LogP contribution in [0, 0.1) is 6.92 Å². The number of hydrogen-bond acceptors (Lipinski definition) is 4. The number of aryl methyl sites for hydroxylation is 1. The summed E-state index contributed by atoms with van der Waals surface area (Å²) in [5.74, 6) is -0.240. The summed E-state index contributed by atoms with van der Waals surface area (Å²) in [4.78, 5) is 25.3. The molecule has 0 radical (unpaired) electrons. The highest BCUT2D eigenvalue weighted by Crippen LogP contribution is 2.16. The van der Waals surface area contributed by atoms with E-state index in [-0.39, 0.29) is 24.9 Å². The monoisotopic (exact) mass is 292 g/mol. The summed E-state index contributed by atoms with van der Waals surface area (Å²) in [5, 5.41) is 5.51. The second kappa shape index (κ2) is 8.26. The van der Waals surface area contributed by atoms with Gasteiger partial charge in [0.05, 0.1) is 13.1 Å². The Morgan fingerprint density at radius 1 is 1.19 bits per heavy atom. The molecule has 0 saturated carbocycles. The van der Waals surface area contributed by atoms with Crippen LogP contribution in [0.4, 0.5) is 11.4 Å². The van der Waals surface area contributed by atoms with Crippen molar-refractivity contribution in [1.82, 2.24) is 10.2 Å². The zero-order valence-electron chi connectivity index (χ0n) is 12.9. The molecule has 1 aromatic rings. The van der Waals surface area contributed by atoms with Crippen LogP contribution in [0.2, 0.25) is 0 Å². The molecule has 0 aliphatic rings. The van der Waals surface area contributed by atoms with Gasteiger partial charge in [-0.05, 0) is 38.1 Å². The Hall–Kier alpha value is -2.08. The van der Waals surface area contributed by atoms with Gasteiger partial charge in [0.15, 0.2) is 0 Å². The lowest BCUT2D eigenvalue weighted by molar-refractivity contribution is -0.123. The van der Waals surface area contributed by atoms with Crippen molar-refractivity contribution >= 4 is 23.2 Å². The van der Waals surface area contributed by atoms with E-state index in [0.717, 1.165) is 5.56 Å². The summed E-state index contributed by atoms with van der Waals surface area (Å²) in [7, 11) is 0. The maximum atomic E-state index is 12.0. The molecule has 0 spiro atoms. The Balaban J connectivity index is 2.54. The van der Waals surface area contributed by atoms with Crippen LogP contribution in [-0.4, -0.2) is 42.9 Å². The molecule has 0 fully saturated rings. The van der Waals surface area contributed by atoms with E-state index in [1.54, 1.807) is 11.0 Å². The van der Waals surface area contributed by atoms with Crippen LogP contribution >= 0.6 is 0 Å². The number of hydrogen-bond donors (Lipinski definition) is 3. The number of benzene rings is 1. The minimum atomic E-state index is -0.163. The molecular formula is C15H24N4O2. The second-order valence-corrected chi connectivity index (χ2v) is 4.88. The predicted octanol–water partition coefficient (Wildman–Crippen LogP) is 0.974. The van der Waals surface area contributed by atoms with Crippen molar-refractivity contribution in [2.75, 3.05) is 37.2 Å². The molecule has 0 saturated heterocycles. The third-order valence-corrected chi connectivity index (χ3v) is 3.12. The Morgan fingerprint density at radius 3 is 2.43 bits per heavy atom. The van der Waals surface area contributed by atoms with E-state index in [1.807, 2.05) is 32.9 Å². The number of nitrogens with two attached hydrogens (primary N) is 1. The highest BCUT2D eigenvalue weighted by Gasteiger charge is 2.13. The quantitative estimate of drug-likeness (QED) is 0.654. The predicted molar refractivity (Wildman–Crippen MR) is 85.0 cm³/mol. The Kier molecular flexibility index (Phi) is 6.68. The topological polar surface area (TPSA) is 87.5 Å². The molecule has 1 aromatic carbocycles. The van der Waals surface area contributed by atoms with Crippen LogP contribution in [0.5, 0.6) is 0 Å². The van der Waals surface area contributed by atoms with Crippen molar-refractivity contribution in [3.05, 3.63) is 23.8 Å². The number of nitrogens with one attached hydrogen (secondary N) is 2. The number of carbonyl (C=O) groups is 2. The summed E-state index contributed by atoms with van der Waals surface area (Å²) in [6.45, 7) is 7.28. The standard InChI is InChI=1S/C15H24N4O2/c1-4-17-14(20)9-19(5-2)10-15(21)18-12-7-6-11(3)13(16)8-12/h6-8H,4-5,9-10,16H2,1-3H3,(H,17,20)(H,18,21). The van der Waals surface area contributed by atoms with E-state index in [9.17, 15) is 9.59 Å². The smallest absolute Gasteiger partial charge is 0.238 e. The van der Waals surface area contributed by atoms with E-state index in [4.69, 9.17) is 5.73 Å². The molecule has 0 aromatic heterocycles. The van der Waals surface area contributed by atoms with Gasteiger partial charge in [-0.3, -0.25) is 14.5 Å². The molecule has 0 unspecified atom stereocenters. The molecule has 0 atom stereocenters. The Labute approximate surface area is 125 Å². The third-order valence-electron chi connectivity index (χ3n) is 3.12. The summed E-state index contributed by atoms with van der Waals surface area (Å²) in [6.07, 6.45) is 0. The first-order chi connectivity index (χ1) is 9.96. The van der Waals surface area contributed by atoms with Gasteiger partial charge >= 0.3 is 0 Å². The number of rotatable bonds is 7. The third kappa shape index (κ3) is 5.83. The zero-order chi connectivity index (χ0) is 15.8. The van der Waals surface area contributed by atoms with Crippen molar-refractivity contribution in [1.29, 1.82) is 0 Å². The highest BCUT2D eigenvalue weighted by molar-refractivity contribution is 5.93. The summed E-state index contributed by atoms with van der Waals surface area (Å²) in [5.41, 5.74) is 8.09. The van der Waals surface area contributed by atoms with Crippen LogP contribution in [0.25, 0.3) is 0 Å². The van der Waals surface area contributed by atoms with Gasteiger partial charge in [0.1, 0.15) is 0 Å². The first kappa shape index (κ1) is 17.0. The van der Waals surface area contributed by atoms with Gasteiger partial charge in [0.2, 0.25) is 11.8 Å². The normalized spacial score (nSPS) is 10.5. The molecule has 21 heavy (non-hydrogen) atoms. The van der Waals surface area contributed by atoms with Gasteiger partial charge < -0.3 is 16.4 Å². The maximum absolute atomic E-state index is 12.0. The number of anilines is 2. The van der Waals surface area contributed by atoms with Gasteiger partial charge in [0, 0.05) is 17.9 Å². The lowest BCUT2D eigenvalue weighted by Gasteiger charge is -2.19. The van der Waals surface area contributed by atoms with E-state index in [1.165, 1.54) is 0 Å². The van der Waals surface area contributed by atoms with Crippen molar-refractivity contribution in [2.45, 2.75) is 20.8 Å². The maximum Gasteiger partial charge on any atom is 0.238 e. The molecule has 0 bridgehead atoms. The van der Waals surface area contributed by atoms with Crippen molar-refractivity contribution in [3.63, 3.8) is 0 Å². The number of nitrogen functional groups attached to an aromatic ring is 1. The Bertz CT molecular complexity index is 502. The fourth-order valence-corrected chi connectivity index (χ4v) is 1.86. The average Bonchev–Trinajstić information content (AvgIpc) is 2.42. The average molecular weight is 292 g/mol. The second-order valence-electron chi connectivity index (χ2n) is 4.88. The lowest BCUT2D eigenvalue weighted by atomic mass is 10.2. The minimum Gasteiger partial charge on any atom is -0.398 e. The van der Waals surface area contributed by atoms with E-state index in [2.05, 4.69) is 10.6 Å². The number of carbonyl (C=O) groups excluding carboxylic acids is 2. The highest BCUT2D eigenvalue weighted by atomic mass is 16.2. The van der Waals surface area contributed by atoms with Gasteiger partial charge in [-0.15, -0.1) is 0 Å². The van der Waals surface area contributed by atoms with Crippen molar-refractivity contribution in [3.8, 4) is 0 Å². The fourth-order valence-electron chi connectivity index (χ4n) is 1.86. The first-order valence-electron chi connectivity index (χ1n) is 7.11. The molecule has 0 heterocycles. The molecule has 6 heteroatoms. The van der Waals surface area contributed by atoms with E-state index in [0.29, 0.717) is 24.5 Å². The zero-order valence-corrected chi connectivity index (χ0v) is 12.9. The van der Waals surface area contributed by atoms with E-state index >= 15 is 0 Å². The van der Waals surface area contributed by atoms with Crippen LogP contribution < -0.4 is 16.4 Å². The van der Waals surface area contributed by atoms with Gasteiger partial charge in [-0.1, -0.05) is 13.0 Å². The first-order valence-corrected chi connectivity index (χ1v) is 7.11. The molecule has 0 aliphatic carbocycles. The lowest BCUT2D eigenvalue weighted by Crippen LogP contribution is -2.41. The minimum absolute atomic E-state index is 0.0771. The summed E-state index contributed by atoms with van der Waals surface area (Å²) in [6, 6.07) is 5.40. The molecule has 4 N–H and O–H groups in total. The fraction of sp³-hybridized carbons (Fsp3) is 0.467. The van der Waals surface area contributed by atoms with Crippen LogP contribution in [0.1, 0.15) is 19.4 Å². The van der Waals surface area contributed by atoms with Gasteiger partial charge in [-0.2, -0.15) is 0 Å². The molecule has 116 valence electrons. The summed E-state index contributed by atoms with van der Waals surface area (Å²) >= 11 is 0. The van der Waals surface area contributed by atoms with Crippen LogP contribution in [0.15, 0.2) is 18.2 Å². The largest absolute Gasteiger partial charge is 0.398 e. The Morgan fingerprint density at radius 2 is 1.86 bits per heavy atom. The number of likely N-dealkylation sites (N-methyl/N-ethyl adjacent to an activating group) is 2. The molecule has 0 aliphatic heterocycles. The van der Waals surface area contributed by atoms with Gasteiger partial charge in [0.25, 0.3) is 0 Å². The SMILES string of the molecule is CCNC(=O)CN(CC)CC(=O)Nc1ccc(C)c(N)c1. The van der Waals surface area contributed by atoms with Crippen molar-refractivity contribution in [2.24, 2.45) is 0 Å². The van der Waals surface area contributed by atoms with Crippen molar-refractivity contribution < 1.29 is 9.59 Å². The van der Waals surface area contributed by atoms with Crippen LogP contribution in [-0.2, 0) is 9.59 Å². The summed E-state index contributed by atoms with van der Waals surface area (Å²) < 4.78 is 0. The number of amides is 2. The molecule has 1 rings (SSSR count). The molecule has 2 amide bonds.